The molecule has 0 saturated heterocycles. The third-order valence-electron chi connectivity index (χ3n) is 2.70. The third kappa shape index (κ3) is 3.90. The van der Waals surface area contributed by atoms with Gasteiger partial charge >= 0.3 is 0 Å². The second-order valence-corrected chi connectivity index (χ2v) is 6.62. The Labute approximate surface area is 128 Å². The van der Waals surface area contributed by atoms with Crippen molar-refractivity contribution < 1.29 is 8.42 Å². The van der Waals surface area contributed by atoms with Gasteiger partial charge in [0.25, 0.3) is 0 Å². The molecule has 0 unspecified atom stereocenters. The standard InChI is InChI=1S/C13H15ClN4O2S/c1-18(2)13-7-8-15-12(17-13)9-16-21(19,20)11-6-4-3-5-10(11)14/h3-8,16H,9H2,1-2H3. The van der Waals surface area contributed by atoms with Crippen LogP contribution in [0.15, 0.2) is 41.4 Å². The van der Waals surface area contributed by atoms with Gasteiger partial charge in [0.15, 0.2) is 0 Å². The first-order valence-electron chi connectivity index (χ1n) is 6.13. The molecule has 0 radical (unpaired) electrons. The monoisotopic (exact) mass is 326 g/mol. The molecule has 2 aromatic rings. The Hall–Kier alpha value is -1.70. The molecule has 6 nitrogen and oxygen atoms in total. The van der Waals surface area contributed by atoms with Gasteiger partial charge in [-0.2, -0.15) is 0 Å². The molecule has 0 saturated carbocycles. The van der Waals surface area contributed by atoms with E-state index in [2.05, 4.69) is 14.7 Å². The zero-order valence-electron chi connectivity index (χ0n) is 11.6. The van der Waals surface area contributed by atoms with E-state index in [1.807, 2.05) is 19.0 Å². The maximum Gasteiger partial charge on any atom is 0.242 e. The van der Waals surface area contributed by atoms with Gasteiger partial charge in [-0.25, -0.2) is 23.1 Å². The summed E-state index contributed by atoms with van der Waals surface area (Å²) in [7, 11) is -0.00330. The molecular formula is C13H15ClN4O2S. The zero-order valence-corrected chi connectivity index (χ0v) is 13.2. The van der Waals surface area contributed by atoms with Crippen LogP contribution in [0, 0.1) is 0 Å². The van der Waals surface area contributed by atoms with Gasteiger partial charge in [0.05, 0.1) is 11.6 Å². The lowest BCUT2D eigenvalue weighted by Crippen LogP contribution is -2.25. The minimum Gasteiger partial charge on any atom is -0.363 e. The van der Waals surface area contributed by atoms with E-state index < -0.39 is 10.0 Å². The Morgan fingerprint density at radius 3 is 2.62 bits per heavy atom. The summed E-state index contributed by atoms with van der Waals surface area (Å²) in [4.78, 5) is 10.1. The van der Waals surface area contributed by atoms with Crippen LogP contribution in [0.3, 0.4) is 0 Å². The topological polar surface area (TPSA) is 75.2 Å². The predicted octanol–water partition coefficient (Wildman–Crippen LogP) is 1.67. The highest BCUT2D eigenvalue weighted by Crippen LogP contribution is 2.20. The van der Waals surface area contributed by atoms with E-state index in [0.29, 0.717) is 11.6 Å². The number of anilines is 1. The van der Waals surface area contributed by atoms with Gasteiger partial charge in [-0.1, -0.05) is 23.7 Å². The van der Waals surface area contributed by atoms with E-state index in [1.165, 1.54) is 12.1 Å². The Morgan fingerprint density at radius 1 is 1.24 bits per heavy atom. The molecule has 2 rings (SSSR count). The third-order valence-corrected chi connectivity index (χ3v) is 4.60. The van der Waals surface area contributed by atoms with Crippen LogP contribution in [0.2, 0.25) is 5.02 Å². The number of nitrogens with zero attached hydrogens (tertiary/aromatic N) is 3. The van der Waals surface area contributed by atoms with Crippen molar-refractivity contribution in [2.75, 3.05) is 19.0 Å². The number of halogens is 1. The van der Waals surface area contributed by atoms with E-state index in [4.69, 9.17) is 11.6 Å². The average molecular weight is 327 g/mol. The summed E-state index contributed by atoms with van der Waals surface area (Å²) in [5.41, 5.74) is 0. The number of sulfonamides is 1. The maximum absolute atomic E-state index is 12.2. The van der Waals surface area contributed by atoms with Gasteiger partial charge in [0, 0.05) is 20.3 Å². The summed E-state index contributed by atoms with van der Waals surface area (Å²) < 4.78 is 26.8. The molecule has 0 aliphatic rings. The van der Waals surface area contributed by atoms with Crippen molar-refractivity contribution in [1.82, 2.24) is 14.7 Å². The molecule has 1 heterocycles. The second-order valence-electron chi connectivity index (χ2n) is 4.48. The van der Waals surface area contributed by atoms with Crippen LogP contribution >= 0.6 is 11.6 Å². The van der Waals surface area contributed by atoms with Gasteiger partial charge in [-0.3, -0.25) is 0 Å². The van der Waals surface area contributed by atoms with Crippen LogP contribution in [0.25, 0.3) is 0 Å². The fourth-order valence-electron chi connectivity index (χ4n) is 1.62. The molecule has 0 amide bonds. The van der Waals surface area contributed by atoms with Crippen LogP contribution in [-0.4, -0.2) is 32.5 Å². The first-order valence-corrected chi connectivity index (χ1v) is 8.00. The molecule has 0 spiro atoms. The normalized spacial score (nSPS) is 11.4. The van der Waals surface area contributed by atoms with E-state index >= 15 is 0 Å². The highest BCUT2D eigenvalue weighted by molar-refractivity contribution is 7.89. The number of benzene rings is 1. The van der Waals surface area contributed by atoms with Crippen molar-refractivity contribution in [1.29, 1.82) is 0 Å². The number of rotatable bonds is 5. The lowest BCUT2D eigenvalue weighted by atomic mass is 10.4. The molecule has 0 fully saturated rings. The summed E-state index contributed by atoms with van der Waals surface area (Å²) in [5, 5.41) is 0.174. The van der Waals surface area contributed by atoms with E-state index in [-0.39, 0.29) is 16.5 Å². The highest BCUT2D eigenvalue weighted by atomic mass is 35.5. The summed E-state index contributed by atoms with van der Waals surface area (Å²) >= 11 is 5.90. The van der Waals surface area contributed by atoms with Crippen molar-refractivity contribution in [3.05, 3.63) is 47.4 Å². The van der Waals surface area contributed by atoms with Crippen molar-refractivity contribution >= 4 is 27.4 Å². The Balaban J connectivity index is 2.16. The Kier molecular flexibility index (Phi) is 4.76. The van der Waals surface area contributed by atoms with E-state index in [0.717, 1.165) is 0 Å². The molecule has 8 heteroatoms. The van der Waals surface area contributed by atoms with Gasteiger partial charge in [0.1, 0.15) is 16.5 Å². The first-order chi connectivity index (χ1) is 9.90. The molecule has 112 valence electrons. The van der Waals surface area contributed by atoms with Gasteiger partial charge in [-0.05, 0) is 18.2 Å². The number of aromatic nitrogens is 2. The van der Waals surface area contributed by atoms with Crippen molar-refractivity contribution in [3.8, 4) is 0 Å². The molecule has 1 aromatic heterocycles. The van der Waals surface area contributed by atoms with Crippen molar-refractivity contribution in [2.45, 2.75) is 11.4 Å². The number of hydrogen-bond acceptors (Lipinski definition) is 5. The van der Waals surface area contributed by atoms with Crippen LogP contribution in [0.1, 0.15) is 5.82 Å². The molecule has 1 N–H and O–H groups in total. The van der Waals surface area contributed by atoms with Crippen molar-refractivity contribution in [2.24, 2.45) is 0 Å². The molecule has 0 aliphatic carbocycles. The Morgan fingerprint density at radius 2 is 1.95 bits per heavy atom. The summed E-state index contributed by atoms with van der Waals surface area (Å²) in [5.74, 6) is 1.09. The largest absolute Gasteiger partial charge is 0.363 e. The molecule has 1 aromatic carbocycles. The van der Waals surface area contributed by atoms with Gasteiger partial charge < -0.3 is 4.90 Å². The smallest absolute Gasteiger partial charge is 0.242 e. The SMILES string of the molecule is CN(C)c1ccnc(CNS(=O)(=O)c2ccccc2Cl)n1. The molecule has 21 heavy (non-hydrogen) atoms. The fourth-order valence-corrected chi connectivity index (χ4v) is 3.12. The molecule has 0 aliphatic heterocycles. The zero-order chi connectivity index (χ0) is 15.5. The quantitative estimate of drug-likeness (QED) is 0.904. The number of hydrogen-bond donors (Lipinski definition) is 1. The summed E-state index contributed by atoms with van der Waals surface area (Å²) in [6, 6.07) is 8.00. The summed E-state index contributed by atoms with van der Waals surface area (Å²) in [6.07, 6.45) is 1.58. The molecular weight excluding hydrogens is 312 g/mol. The summed E-state index contributed by atoms with van der Waals surface area (Å²) in [6.45, 7) is -0.00473. The lowest BCUT2D eigenvalue weighted by Gasteiger charge is -2.12. The second kappa shape index (κ2) is 6.38. The maximum atomic E-state index is 12.2. The molecule has 0 atom stereocenters. The highest BCUT2D eigenvalue weighted by Gasteiger charge is 2.17. The lowest BCUT2D eigenvalue weighted by molar-refractivity contribution is 0.579. The molecule has 0 bridgehead atoms. The van der Waals surface area contributed by atoms with Gasteiger partial charge in [-0.15, -0.1) is 0 Å². The van der Waals surface area contributed by atoms with Crippen LogP contribution < -0.4 is 9.62 Å². The number of nitrogens with one attached hydrogen (secondary N) is 1. The van der Waals surface area contributed by atoms with Gasteiger partial charge in [0.2, 0.25) is 10.0 Å². The van der Waals surface area contributed by atoms with E-state index in [1.54, 1.807) is 24.4 Å². The van der Waals surface area contributed by atoms with Crippen LogP contribution in [-0.2, 0) is 16.6 Å². The van der Waals surface area contributed by atoms with Crippen LogP contribution in [0.5, 0.6) is 0 Å². The fraction of sp³-hybridized carbons (Fsp3) is 0.231. The first kappa shape index (κ1) is 15.7. The minimum absolute atomic E-state index is 0.00473. The average Bonchev–Trinajstić information content (AvgIpc) is 2.46. The van der Waals surface area contributed by atoms with E-state index in [9.17, 15) is 8.42 Å². The van der Waals surface area contributed by atoms with Crippen LogP contribution in [0.4, 0.5) is 5.82 Å². The Bertz CT molecular complexity index is 734. The minimum atomic E-state index is -3.70. The van der Waals surface area contributed by atoms with Crippen molar-refractivity contribution in [3.63, 3.8) is 0 Å². The predicted molar refractivity (Wildman–Crippen MR) is 81.8 cm³/mol.